The molecule has 8 heteroatoms. The molecule has 7 nitrogen and oxygen atoms in total. The number of rotatable bonds is 4. The largest absolute Gasteiger partial charge is 0.415 e. The minimum absolute atomic E-state index is 0.0727. The lowest BCUT2D eigenvalue weighted by molar-refractivity contribution is -0.384. The third kappa shape index (κ3) is 3.71. The fraction of sp³-hybridized carbons (Fsp3) is 0. The highest BCUT2D eigenvalue weighted by Crippen LogP contribution is 2.27. The summed E-state index contributed by atoms with van der Waals surface area (Å²) in [6, 6.07) is 14.7. The monoisotopic (exact) mass is 352 g/mol. The van der Waals surface area contributed by atoms with E-state index >= 15 is 0 Å². The summed E-state index contributed by atoms with van der Waals surface area (Å²) in [7, 11) is 0. The second-order valence-electron chi connectivity index (χ2n) is 4.95. The van der Waals surface area contributed by atoms with Crippen LogP contribution in [0.2, 0.25) is 0 Å². The average Bonchev–Trinajstić information content (AvgIpc) is 3.13. The summed E-state index contributed by atoms with van der Waals surface area (Å²) in [5.41, 5.74) is 1.66. The van der Waals surface area contributed by atoms with Gasteiger partial charge in [0, 0.05) is 17.7 Å². The molecule has 0 aliphatic rings. The number of halogens is 1. The first kappa shape index (κ1) is 16.4. The van der Waals surface area contributed by atoms with Crippen LogP contribution in [0.3, 0.4) is 0 Å². The van der Waals surface area contributed by atoms with Crippen molar-refractivity contribution in [3.05, 3.63) is 75.7 Å². The Morgan fingerprint density at radius 1 is 1.24 bits per heavy atom. The van der Waals surface area contributed by atoms with E-state index in [0.717, 1.165) is 5.56 Å². The van der Waals surface area contributed by atoms with Gasteiger partial charge in [0.25, 0.3) is 11.6 Å². The number of nitrogens with zero attached hydrogens (tertiary/aromatic N) is 4. The van der Waals surface area contributed by atoms with Gasteiger partial charge in [0.1, 0.15) is 5.03 Å². The van der Waals surface area contributed by atoms with E-state index in [9.17, 15) is 10.1 Å². The van der Waals surface area contributed by atoms with Gasteiger partial charge in [-0.3, -0.25) is 10.1 Å². The number of nitro groups is 1. The Morgan fingerprint density at radius 3 is 2.68 bits per heavy atom. The van der Waals surface area contributed by atoms with E-state index < -0.39 is 4.92 Å². The van der Waals surface area contributed by atoms with Gasteiger partial charge >= 0.3 is 0 Å². The summed E-state index contributed by atoms with van der Waals surface area (Å²) in [6.07, 6.45) is 1.62. The second-order valence-corrected chi connectivity index (χ2v) is 5.35. The van der Waals surface area contributed by atoms with Crippen molar-refractivity contribution in [2.24, 2.45) is 0 Å². The number of nitro benzene ring substituents is 1. The molecule has 0 fully saturated rings. The van der Waals surface area contributed by atoms with E-state index in [0.29, 0.717) is 11.1 Å². The molecule has 0 unspecified atom stereocenters. The lowest BCUT2D eigenvalue weighted by atomic mass is 10.1. The first-order valence-corrected chi connectivity index (χ1v) is 7.40. The van der Waals surface area contributed by atoms with Crippen molar-refractivity contribution in [3.63, 3.8) is 0 Å². The summed E-state index contributed by atoms with van der Waals surface area (Å²) in [6.45, 7) is 0. The third-order valence-electron chi connectivity index (χ3n) is 3.27. The lowest BCUT2D eigenvalue weighted by Gasteiger charge is -1.96. The van der Waals surface area contributed by atoms with E-state index in [-0.39, 0.29) is 22.5 Å². The predicted molar refractivity (Wildman–Crippen MR) is 91.3 cm³/mol. The molecule has 0 saturated carbocycles. The summed E-state index contributed by atoms with van der Waals surface area (Å²) in [5.74, 6) is 0.220. The first-order chi connectivity index (χ1) is 12.1. The molecule has 0 atom stereocenters. The van der Waals surface area contributed by atoms with Crippen molar-refractivity contribution < 1.29 is 9.34 Å². The Morgan fingerprint density at radius 2 is 2.00 bits per heavy atom. The predicted octanol–water partition coefficient (Wildman–Crippen LogP) is 4.25. The molecule has 1 aromatic heterocycles. The summed E-state index contributed by atoms with van der Waals surface area (Å²) >= 11 is 6.19. The molecular formula is C17H9ClN4O3. The van der Waals surface area contributed by atoms with Crippen molar-refractivity contribution in [2.75, 3.05) is 0 Å². The molecule has 122 valence electrons. The Bertz CT molecular complexity index is 1000. The number of hydrogen-bond donors (Lipinski definition) is 0. The van der Waals surface area contributed by atoms with E-state index in [1.807, 2.05) is 6.07 Å². The maximum atomic E-state index is 10.8. The molecule has 0 N–H and O–H groups in total. The molecule has 2 aromatic carbocycles. The number of non-ortho nitro benzene ring substituents is 1. The SMILES string of the molecule is N#Cc1ccc(/C=C(\Cl)c2nnc(-c3cccc([N+](=O)[O-])c3)o2)cc1. The molecule has 1 heterocycles. The van der Waals surface area contributed by atoms with Gasteiger partial charge in [-0.25, -0.2) is 0 Å². The maximum Gasteiger partial charge on any atom is 0.270 e. The van der Waals surface area contributed by atoms with E-state index in [1.54, 1.807) is 36.4 Å². The van der Waals surface area contributed by atoms with E-state index in [4.69, 9.17) is 21.3 Å². The minimum Gasteiger partial charge on any atom is -0.415 e. The number of benzene rings is 2. The molecule has 25 heavy (non-hydrogen) atoms. The molecule has 0 spiro atoms. The fourth-order valence-electron chi connectivity index (χ4n) is 2.05. The highest BCUT2D eigenvalue weighted by Gasteiger charge is 2.14. The molecule has 0 bridgehead atoms. The average molecular weight is 353 g/mol. The summed E-state index contributed by atoms with van der Waals surface area (Å²) in [4.78, 5) is 10.3. The summed E-state index contributed by atoms with van der Waals surface area (Å²) < 4.78 is 5.49. The lowest BCUT2D eigenvalue weighted by Crippen LogP contribution is -1.88. The highest BCUT2D eigenvalue weighted by atomic mass is 35.5. The van der Waals surface area contributed by atoms with Crippen LogP contribution in [0, 0.1) is 21.4 Å². The molecule has 0 aliphatic heterocycles. The van der Waals surface area contributed by atoms with Gasteiger partial charge in [-0.15, -0.1) is 10.2 Å². The van der Waals surface area contributed by atoms with Crippen LogP contribution >= 0.6 is 11.6 Å². The second kappa shape index (κ2) is 6.95. The molecule has 0 saturated heterocycles. The van der Waals surface area contributed by atoms with Crippen LogP contribution in [0.25, 0.3) is 22.6 Å². The van der Waals surface area contributed by atoms with Crippen LogP contribution in [-0.2, 0) is 0 Å². The fourth-order valence-corrected chi connectivity index (χ4v) is 2.25. The quantitative estimate of drug-likeness (QED) is 0.513. The number of aromatic nitrogens is 2. The van der Waals surface area contributed by atoms with Crippen molar-refractivity contribution in [1.82, 2.24) is 10.2 Å². The van der Waals surface area contributed by atoms with Crippen molar-refractivity contribution in [1.29, 1.82) is 5.26 Å². The van der Waals surface area contributed by atoms with Crippen LogP contribution in [0.4, 0.5) is 5.69 Å². The van der Waals surface area contributed by atoms with Gasteiger partial charge in [-0.2, -0.15) is 5.26 Å². The third-order valence-corrected chi connectivity index (χ3v) is 3.54. The molecule has 0 aliphatic carbocycles. The number of hydrogen-bond acceptors (Lipinski definition) is 6. The van der Waals surface area contributed by atoms with E-state index in [1.165, 1.54) is 18.2 Å². The standard InChI is InChI=1S/C17H9ClN4O3/c18-15(8-11-4-6-12(10-19)7-5-11)17-21-20-16(25-17)13-2-1-3-14(9-13)22(23)24/h1-9H/b15-8-. The topological polar surface area (TPSA) is 106 Å². The van der Waals surface area contributed by atoms with Gasteiger partial charge in [-0.05, 0) is 29.8 Å². The van der Waals surface area contributed by atoms with Gasteiger partial charge in [0.05, 0.1) is 16.6 Å². The summed E-state index contributed by atoms with van der Waals surface area (Å²) in [5, 5.41) is 27.6. The van der Waals surface area contributed by atoms with Crippen LogP contribution in [0.15, 0.2) is 52.9 Å². The molecule has 3 aromatic rings. The highest BCUT2D eigenvalue weighted by molar-refractivity contribution is 6.50. The Kier molecular flexibility index (Phi) is 4.55. The zero-order valence-corrected chi connectivity index (χ0v) is 13.3. The van der Waals surface area contributed by atoms with Gasteiger partial charge < -0.3 is 4.42 Å². The zero-order chi connectivity index (χ0) is 17.8. The minimum atomic E-state index is -0.501. The van der Waals surface area contributed by atoms with Gasteiger partial charge in [0.15, 0.2) is 0 Å². The Balaban J connectivity index is 1.87. The normalized spacial score (nSPS) is 11.1. The molecular weight excluding hydrogens is 344 g/mol. The van der Waals surface area contributed by atoms with Crippen LogP contribution in [0.1, 0.15) is 17.0 Å². The van der Waals surface area contributed by atoms with Crippen LogP contribution in [-0.4, -0.2) is 15.1 Å². The smallest absolute Gasteiger partial charge is 0.270 e. The van der Waals surface area contributed by atoms with Crippen molar-refractivity contribution in [3.8, 4) is 17.5 Å². The van der Waals surface area contributed by atoms with Crippen LogP contribution in [0.5, 0.6) is 0 Å². The van der Waals surface area contributed by atoms with Gasteiger partial charge in [-0.1, -0.05) is 29.8 Å². The maximum absolute atomic E-state index is 10.8. The van der Waals surface area contributed by atoms with Crippen molar-refractivity contribution >= 4 is 28.4 Å². The van der Waals surface area contributed by atoms with Crippen LogP contribution < -0.4 is 0 Å². The van der Waals surface area contributed by atoms with E-state index in [2.05, 4.69) is 10.2 Å². The Labute approximate surface area is 147 Å². The molecule has 0 amide bonds. The molecule has 3 rings (SSSR count). The van der Waals surface area contributed by atoms with Gasteiger partial charge in [0.2, 0.25) is 5.89 Å². The molecule has 0 radical (unpaired) electrons. The number of nitriles is 1. The van der Waals surface area contributed by atoms with Crippen molar-refractivity contribution in [2.45, 2.75) is 0 Å². The zero-order valence-electron chi connectivity index (χ0n) is 12.6. The first-order valence-electron chi connectivity index (χ1n) is 7.03. The Hall–Kier alpha value is -3.50.